The number of hydrogen-bond donors (Lipinski definition) is 1. The molecule has 1 N–H and O–H groups in total. The zero-order valence-electron chi connectivity index (χ0n) is 14.2. The highest BCUT2D eigenvalue weighted by Gasteiger charge is 2.10. The van der Waals surface area contributed by atoms with Gasteiger partial charge in [0, 0.05) is 30.8 Å². The summed E-state index contributed by atoms with van der Waals surface area (Å²) in [6, 6.07) is 6.81. The van der Waals surface area contributed by atoms with Gasteiger partial charge in [0.1, 0.15) is 30.0 Å². The molecule has 1 aliphatic heterocycles. The SMILES string of the molecule is COCCOc1ccc(OCC(=O)NC2=NC=C(Cl)CC=C2)c(C#N)c1. The van der Waals surface area contributed by atoms with Crippen LogP contribution in [-0.2, 0) is 9.53 Å². The molecular formula is C18H18ClN3O4. The van der Waals surface area contributed by atoms with Gasteiger partial charge in [-0.1, -0.05) is 17.7 Å². The number of nitriles is 1. The second-order valence-electron chi connectivity index (χ2n) is 5.14. The monoisotopic (exact) mass is 375 g/mol. The third-order valence-corrected chi connectivity index (χ3v) is 3.44. The lowest BCUT2D eigenvalue weighted by atomic mass is 10.2. The van der Waals surface area contributed by atoms with Gasteiger partial charge in [0.2, 0.25) is 0 Å². The molecule has 0 spiro atoms. The largest absolute Gasteiger partial charge is 0.491 e. The summed E-state index contributed by atoms with van der Waals surface area (Å²) in [6.45, 7) is 0.556. The molecule has 2 rings (SSSR count). The van der Waals surface area contributed by atoms with Crippen molar-refractivity contribution in [2.75, 3.05) is 26.9 Å². The van der Waals surface area contributed by atoms with Crippen LogP contribution in [0.25, 0.3) is 0 Å². The Morgan fingerprint density at radius 2 is 2.23 bits per heavy atom. The van der Waals surface area contributed by atoms with Gasteiger partial charge in [-0.15, -0.1) is 0 Å². The van der Waals surface area contributed by atoms with E-state index in [-0.39, 0.29) is 12.2 Å². The van der Waals surface area contributed by atoms with Crippen molar-refractivity contribution < 1.29 is 19.0 Å². The second-order valence-corrected chi connectivity index (χ2v) is 5.63. The van der Waals surface area contributed by atoms with Gasteiger partial charge in [0.25, 0.3) is 5.91 Å². The highest BCUT2D eigenvalue weighted by Crippen LogP contribution is 2.23. The van der Waals surface area contributed by atoms with E-state index in [0.29, 0.717) is 42.0 Å². The minimum absolute atomic E-state index is 0.261. The van der Waals surface area contributed by atoms with Crippen LogP contribution in [0.3, 0.4) is 0 Å². The van der Waals surface area contributed by atoms with Gasteiger partial charge >= 0.3 is 0 Å². The Morgan fingerprint density at radius 3 is 3.00 bits per heavy atom. The van der Waals surface area contributed by atoms with Crippen molar-refractivity contribution in [3.63, 3.8) is 0 Å². The number of carbonyl (C=O) groups excluding carboxylic acids is 1. The maximum Gasteiger partial charge on any atom is 0.263 e. The molecule has 7 nitrogen and oxygen atoms in total. The zero-order chi connectivity index (χ0) is 18.8. The van der Waals surface area contributed by atoms with E-state index in [1.165, 1.54) is 6.20 Å². The molecule has 0 saturated carbocycles. The molecule has 1 aromatic carbocycles. The minimum Gasteiger partial charge on any atom is -0.491 e. The van der Waals surface area contributed by atoms with E-state index < -0.39 is 5.91 Å². The molecule has 1 amide bonds. The molecule has 0 fully saturated rings. The van der Waals surface area contributed by atoms with Crippen molar-refractivity contribution in [1.29, 1.82) is 5.26 Å². The molecule has 1 aromatic rings. The third-order valence-electron chi connectivity index (χ3n) is 3.19. The Bertz CT molecular complexity index is 781. The van der Waals surface area contributed by atoms with Crippen LogP contribution in [0.5, 0.6) is 11.5 Å². The van der Waals surface area contributed by atoms with Crippen molar-refractivity contribution in [2.24, 2.45) is 4.99 Å². The number of ether oxygens (including phenoxy) is 3. The maximum atomic E-state index is 12.0. The predicted octanol–water partition coefficient (Wildman–Crippen LogP) is 2.52. The van der Waals surface area contributed by atoms with Gasteiger partial charge in [-0.2, -0.15) is 5.26 Å². The highest BCUT2D eigenvalue weighted by atomic mass is 35.5. The third kappa shape index (κ3) is 6.24. The summed E-state index contributed by atoms with van der Waals surface area (Å²) in [5.41, 5.74) is 0.272. The summed E-state index contributed by atoms with van der Waals surface area (Å²) in [5, 5.41) is 12.4. The number of allylic oxidation sites excluding steroid dienone is 2. The van der Waals surface area contributed by atoms with Crippen molar-refractivity contribution >= 4 is 23.3 Å². The number of nitrogens with one attached hydrogen (secondary N) is 1. The first-order valence-electron chi connectivity index (χ1n) is 7.80. The molecule has 1 aliphatic rings. The summed E-state index contributed by atoms with van der Waals surface area (Å²) < 4.78 is 15.8. The highest BCUT2D eigenvalue weighted by molar-refractivity contribution is 6.29. The smallest absolute Gasteiger partial charge is 0.263 e. The van der Waals surface area contributed by atoms with Crippen LogP contribution >= 0.6 is 11.6 Å². The van der Waals surface area contributed by atoms with E-state index in [4.69, 9.17) is 25.8 Å². The number of benzene rings is 1. The summed E-state index contributed by atoms with van der Waals surface area (Å²) in [6.07, 6.45) is 5.50. The average Bonchev–Trinajstić information content (AvgIpc) is 2.85. The zero-order valence-corrected chi connectivity index (χ0v) is 15.0. The lowest BCUT2D eigenvalue weighted by Crippen LogP contribution is -2.33. The number of aliphatic imine (C=N–C) groups is 1. The molecule has 136 valence electrons. The topological polar surface area (TPSA) is 92.9 Å². The van der Waals surface area contributed by atoms with Crippen LogP contribution in [0.4, 0.5) is 0 Å². The standard InChI is InChI=1S/C18H18ClN3O4/c1-24-7-8-25-15-5-6-16(13(9-15)10-20)26-12-18(23)22-17-4-2-3-14(19)11-21-17/h2,4-6,9,11H,3,7-8,12H2,1H3,(H,21,22,23). The number of carbonyl (C=O) groups is 1. The molecule has 0 saturated heterocycles. The molecule has 0 aromatic heterocycles. The van der Waals surface area contributed by atoms with Crippen LogP contribution < -0.4 is 14.8 Å². The first-order chi connectivity index (χ1) is 12.6. The fourth-order valence-electron chi connectivity index (χ4n) is 1.97. The molecule has 8 heteroatoms. The maximum absolute atomic E-state index is 12.0. The summed E-state index contributed by atoms with van der Waals surface area (Å²) in [5.74, 6) is 0.792. The summed E-state index contributed by atoms with van der Waals surface area (Å²) in [7, 11) is 1.58. The average molecular weight is 376 g/mol. The lowest BCUT2D eigenvalue weighted by Gasteiger charge is -2.10. The molecule has 0 bridgehead atoms. The van der Waals surface area contributed by atoms with Crippen molar-refractivity contribution in [1.82, 2.24) is 5.32 Å². The van der Waals surface area contributed by atoms with Gasteiger partial charge in [-0.25, -0.2) is 4.99 Å². The lowest BCUT2D eigenvalue weighted by molar-refractivity contribution is -0.121. The first-order valence-corrected chi connectivity index (χ1v) is 8.17. The molecule has 0 aliphatic carbocycles. The molecule has 1 heterocycles. The Hall–Kier alpha value is -2.82. The van der Waals surface area contributed by atoms with Crippen molar-refractivity contribution in [2.45, 2.75) is 6.42 Å². The predicted molar refractivity (Wildman–Crippen MR) is 97.3 cm³/mol. The van der Waals surface area contributed by atoms with Crippen LogP contribution in [0.1, 0.15) is 12.0 Å². The first kappa shape index (κ1) is 19.5. The number of nitrogens with zero attached hydrogens (tertiary/aromatic N) is 2. The summed E-state index contributed by atoms with van der Waals surface area (Å²) in [4.78, 5) is 16.0. The Kier molecular flexibility index (Phi) is 7.68. The number of rotatable bonds is 7. The molecule has 0 radical (unpaired) electrons. The van der Waals surface area contributed by atoms with Gasteiger partial charge in [0.05, 0.1) is 12.2 Å². The van der Waals surface area contributed by atoms with E-state index in [0.717, 1.165) is 0 Å². The second kappa shape index (κ2) is 10.2. The number of hydrogen-bond acceptors (Lipinski definition) is 6. The molecule has 0 unspecified atom stereocenters. The minimum atomic E-state index is -0.399. The number of methoxy groups -OCH3 is 1. The number of amidine groups is 1. The van der Waals surface area contributed by atoms with Crippen LogP contribution in [-0.4, -0.2) is 38.7 Å². The van der Waals surface area contributed by atoms with Gasteiger partial charge < -0.3 is 19.5 Å². The van der Waals surface area contributed by atoms with Gasteiger partial charge in [-0.3, -0.25) is 4.79 Å². The van der Waals surface area contributed by atoms with Crippen LogP contribution in [0.2, 0.25) is 0 Å². The van der Waals surface area contributed by atoms with Crippen LogP contribution in [0.15, 0.2) is 46.6 Å². The van der Waals surface area contributed by atoms with E-state index >= 15 is 0 Å². The normalized spacial score (nSPS) is 13.1. The Labute approximate surface area is 156 Å². The van der Waals surface area contributed by atoms with E-state index in [1.807, 2.05) is 6.07 Å². The van der Waals surface area contributed by atoms with Crippen molar-refractivity contribution in [3.8, 4) is 17.6 Å². The van der Waals surface area contributed by atoms with Crippen LogP contribution in [0, 0.1) is 11.3 Å². The molecular weight excluding hydrogens is 358 g/mol. The fraction of sp³-hybridized carbons (Fsp3) is 0.278. The Balaban J connectivity index is 1.92. The fourth-order valence-corrected chi connectivity index (χ4v) is 2.11. The molecule has 26 heavy (non-hydrogen) atoms. The van der Waals surface area contributed by atoms with E-state index in [1.54, 1.807) is 37.5 Å². The molecule has 0 atom stereocenters. The number of amides is 1. The van der Waals surface area contributed by atoms with E-state index in [2.05, 4.69) is 10.3 Å². The van der Waals surface area contributed by atoms with Gasteiger partial charge in [-0.05, 0) is 18.2 Å². The summed E-state index contributed by atoms with van der Waals surface area (Å²) >= 11 is 5.87. The van der Waals surface area contributed by atoms with E-state index in [9.17, 15) is 10.1 Å². The Morgan fingerprint density at radius 1 is 1.38 bits per heavy atom. The number of halogens is 1. The van der Waals surface area contributed by atoms with Crippen molar-refractivity contribution in [3.05, 3.63) is 47.1 Å². The van der Waals surface area contributed by atoms with Gasteiger partial charge in [0.15, 0.2) is 6.61 Å². The quantitative estimate of drug-likeness (QED) is 0.739.